The van der Waals surface area contributed by atoms with Gasteiger partial charge in [0.2, 0.25) is 0 Å². The van der Waals surface area contributed by atoms with Crippen LogP contribution in [-0.4, -0.2) is 28.0 Å². The van der Waals surface area contributed by atoms with Crippen LogP contribution in [0.25, 0.3) is 5.70 Å². The van der Waals surface area contributed by atoms with E-state index < -0.39 is 0 Å². The van der Waals surface area contributed by atoms with Crippen LogP contribution in [0.4, 0.5) is 10.2 Å². The van der Waals surface area contributed by atoms with Crippen LogP contribution in [0.1, 0.15) is 41.6 Å². The quantitative estimate of drug-likeness (QED) is 0.525. The summed E-state index contributed by atoms with van der Waals surface area (Å²) in [6.07, 6.45) is 1.52. The van der Waals surface area contributed by atoms with Gasteiger partial charge in [0.25, 0.3) is 0 Å². The molecule has 160 valence electrons. The lowest BCUT2D eigenvalue weighted by atomic mass is 10.1. The molecule has 0 fully saturated rings. The number of fused-ring (bicyclic) bond motifs is 1. The third-order valence-electron chi connectivity index (χ3n) is 5.82. The molecule has 4 rings (SSSR count). The molecule has 31 heavy (non-hydrogen) atoms. The van der Waals surface area contributed by atoms with E-state index in [0.717, 1.165) is 47.4 Å². The molecule has 0 spiro atoms. The van der Waals surface area contributed by atoms with Gasteiger partial charge >= 0.3 is 0 Å². The standard InChI is InChI=1S/C26H29FN4/c1-6-14-30-20(4)29(5)19(3)25-26(30)28-24(16-22-8-7-9-23(27)15-22)31(25)17-21-12-10-18(2)11-13-21/h7-13,15H,3-4,6,14,16-17H2,1-2,5H3. The molecule has 0 atom stereocenters. The highest BCUT2D eigenvalue weighted by molar-refractivity contribution is 5.77. The van der Waals surface area contributed by atoms with Crippen LogP contribution in [0.3, 0.4) is 0 Å². The summed E-state index contributed by atoms with van der Waals surface area (Å²) in [5, 5.41) is 0. The van der Waals surface area contributed by atoms with Crippen LogP contribution in [0.2, 0.25) is 0 Å². The monoisotopic (exact) mass is 416 g/mol. The molecule has 4 nitrogen and oxygen atoms in total. The molecule has 0 saturated carbocycles. The van der Waals surface area contributed by atoms with Crippen molar-refractivity contribution in [2.24, 2.45) is 0 Å². The molecule has 1 aliphatic heterocycles. The molecular formula is C26H29FN4. The Morgan fingerprint density at radius 2 is 1.77 bits per heavy atom. The summed E-state index contributed by atoms with van der Waals surface area (Å²) in [7, 11) is 1.99. The number of halogens is 1. The number of imidazole rings is 1. The number of hydrogen-bond acceptors (Lipinski definition) is 3. The van der Waals surface area contributed by atoms with Gasteiger partial charge < -0.3 is 14.4 Å². The molecule has 2 aromatic carbocycles. The van der Waals surface area contributed by atoms with E-state index in [1.165, 1.54) is 17.2 Å². The van der Waals surface area contributed by atoms with Gasteiger partial charge in [-0.3, -0.25) is 0 Å². The molecule has 1 aliphatic rings. The van der Waals surface area contributed by atoms with Gasteiger partial charge in [0.1, 0.15) is 23.2 Å². The highest BCUT2D eigenvalue weighted by atomic mass is 19.1. The lowest BCUT2D eigenvalue weighted by Gasteiger charge is -2.38. The van der Waals surface area contributed by atoms with Crippen molar-refractivity contribution < 1.29 is 4.39 Å². The summed E-state index contributed by atoms with van der Waals surface area (Å²) in [6, 6.07) is 15.3. The van der Waals surface area contributed by atoms with E-state index in [9.17, 15) is 4.39 Å². The summed E-state index contributed by atoms with van der Waals surface area (Å²) >= 11 is 0. The molecule has 0 amide bonds. The first kappa shape index (κ1) is 20.9. The SMILES string of the molecule is C=C1c2c(nc(Cc3cccc(F)c3)n2Cc2ccc(C)cc2)N(CCC)C(=C)N1C. The normalized spacial score (nSPS) is 13.7. The van der Waals surface area contributed by atoms with Gasteiger partial charge in [0.05, 0.1) is 5.70 Å². The van der Waals surface area contributed by atoms with Crippen LogP contribution in [0, 0.1) is 12.7 Å². The van der Waals surface area contributed by atoms with E-state index in [1.807, 2.05) is 18.0 Å². The van der Waals surface area contributed by atoms with E-state index in [2.05, 4.69) is 60.7 Å². The highest BCUT2D eigenvalue weighted by Crippen LogP contribution is 2.38. The number of anilines is 1. The largest absolute Gasteiger partial charge is 0.330 e. The zero-order valence-electron chi connectivity index (χ0n) is 18.5. The summed E-state index contributed by atoms with van der Waals surface area (Å²) in [5.74, 6) is 2.41. The van der Waals surface area contributed by atoms with E-state index in [-0.39, 0.29) is 5.82 Å². The molecule has 0 aliphatic carbocycles. The zero-order chi connectivity index (χ0) is 22.1. The minimum absolute atomic E-state index is 0.232. The van der Waals surface area contributed by atoms with Crippen molar-refractivity contribution in [3.63, 3.8) is 0 Å². The topological polar surface area (TPSA) is 24.3 Å². The van der Waals surface area contributed by atoms with E-state index in [1.54, 1.807) is 12.1 Å². The molecule has 3 aromatic rings. The van der Waals surface area contributed by atoms with Crippen LogP contribution >= 0.6 is 0 Å². The highest BCUT2D eigenvalue weighted by Gasteiger charge is 2.32. The van der Waals surface area contributed by atoms with E-state index in [4.69, 9.17) is 4.98 Å². The smallest absolute Gasteiger partial charge is 0.162 e. The first-order chi connectivity index (χ1) is 14.9. The van der Waals surface area contributed by atoms with Crippen molar-refractivity contribution in [3.05, 3.63) is 102 Å². The molecule has 5 heteroatoms. The second kappa shape index (κ2) is 8.42. The average Bonchev–Trinajstić information content (AvgIpc) is 3.09. The predicted octanol–water partition coefficient (Wildman–Crippen LogP) is 5.57. The molecule has 1 aromatic heterocycles. The Balaban J connectivity index is 1.85. The Hall–Kier alpha value is -3.34. The minimum Gasteiger partial charge on any atom is -0.330 e. The predicted molar refractivity (Wildman–Crippen MR) is 125 cm³/mol. The van der Waals surface area contributed by atoms with Crippen LogP contribution < -0.4 is 4.90 Å². The Morgan fingerprint density at radius 1 is 1.03 bits per heavy atom. The van der Waals surface area contributed by atoms with Crippen molar-refractivity contribution in [2.75, 3.05) is 18.5 Å². The van der Waals surface area contributed by atoms with Gasteiger partial charge in [-0.2, -0.15) is 0 Å². The summed E-state index contributed by atoms with van der Waals surface area (Å²) < 4.78 is 16.1. The van der Waals surface area contributed by atoms with Crippen molar-refractivity contribution >= 4 is 11.5 Å². The first-order valence-electron chi connectivity index (χ1n) is 10.7. The third kappa shape index (κ3) is 4.00. The van der Waals surface area contributed by atoms with Crippen molar-refractivity contribution in [1.82, 2.24) is 14.5 Å². The van der Waals surface area contributed by atoms with Gasteiger partial charge in [-0.15, -0.1) is 0 Å². The fraction of sp³-hybridized carbons (Fsp3) is 0.269. The second-order valence-corrected chi connectivity index (χ2v) is 8.15. The number of benzene rings is 2. The Kier molecular flexibility index (Phi) is 5.68. The van der Waals surface area contributed by atoms with Crippen molar-refractivity contribution in [3.8, 4) is 0 Å². The lowest BCUT2D eigenvalue weighted by molar-refractivity contribution is 0.538. The lowest BCUT2D eigenvalue weighted by Crippen LogP contribution is -2.37. The summed E-state index contributed by atoms with van der Waals surface area (Å²) in [6.45, 7) is 14.3. The third-order valence-corrected chi connectivity index (χ3v) is 5.82. The van der Waals surface area contributed by atoms with Crippen molar-refractivity contribution in [2.45, 2.75) is 33.2 Å². The molecule has 0 bridgehead atoms. The summed E-state index contributed by atoms with van der Waals surface area (Å²) in [5.41, 5.74) is 5.18. The molecule has 0 unspecified atom stereocenters. The molecule has 0 saturated heterocycles. The van der Waals surface area contributed by atoms with E-state index in [0.29, 0.717) is 13.0 Å². The van der Waals surface area contributed by atoms with Gasteiger partial charge in [-0.05, 0) is 36.6 Å². The summed E-state index contributed by atoms with van der Waals surface area (Å²) in [4.78, 5) is 9.23. The maximum atomic E-state index is 13.8. The van der Waals surface area contributed by atoms with Gasteiger partial charge in [0.15, 0.2) is 5.82 Å². The zero-order valence-corrected chi connectivity index (χ0v) is 18.5. The molecular weight excluding hydrogens is 387 g/mol. The number of aromatic nitrogens is 2. The number of hydrogen-bond donors (Lipinski definition) is 0. The average molecular weight is 417 g/mol. The fourth-order valence-corrected chi connectivity index (χ4v) is 4.05. The number of rotatable bonds is 6. The van der Waals surface area contributed by atoms with Crippen molar-refractivity contribution in [1.29, 1.82) is 0 Å². The van der Waals surface area contributed by atoms with E-state index >= 15 is 0 Å². The van der Waals surface area contributed by atoms with Crippen LogP contribution in [0.5, 0.6) is 0 Å². The van der Waals surface area contributed by atoms with Gasteiger partial charge in [-0.25, -0.2) is 9.37 Å². The Bertz CT molecular complexity index is 1130. The second-order valence-electron chi connectivity index (χ2n) is 8.15. The Labute approximate surface area is 183 Å². The maximum Gasteiger partial charge on any atom is 0.162 e. The fourth-order valence-electron chi connectivity index (χ4n) is 4.05. The van der Waals surface area contributed by atoms with Gasteiger partial charge in [-0.1, -0.05) is 62.0 Å². The van der Waals surface area contributed by atoms with Crippen LogP contribution in [-0.2, 0) is 13.0 Å². The van der Waals surface area contributed by atoms with Crippen LogP contribution in [0.15, 0.2) is 67.5 Å². The van der Waals surface area contributed by atoms with Gasteiger partial charge in [0, 0.05) is 26.6 Å². The number of aryl methyl sites for hydroxylation is 1. The first-order valence-corrected chi connectivity index (χ1v) is 10.7. The minimum atomic E-state index is -0.232. The molecule has 0 N–H and O–H groups in total. The number of nitrogens with zero attached hydrogens (tertiary/aromatic N) is 4. The maximum absolute atomic E-state index is 13.8. The molecule has 0 radical (unpaired) electrons. The molecule has 2 heterocycles. The Morgan fingerprint density at radius 3 is 2.45 bits per heavy atom.